The highest BCUT2D eigenvalue weighted by Crippen LogP contribution is 2.39. The summed E-state index contributed by atoms with van der Waals surface area (Å²) in [6.45, 7) is 13.0. The van der Waals surface area contributed by atoms with Gasteiger partial charge in [-0.1, -0.05) is 56.2 Å². The lowest BCUT2D eigenvalue weighted by atomic mass is 9.96. The average Bonchev–Trinajstić information content (AvgIpc) is 2.81. The molecule has 0 amide bonds. The molecule has 1 heterocycles. The first kappa shape index (κ1) is 30.9. The summed E-state index contributed by atoms with van der Waals surface area (Å²) in [4.78, 5) is 0.0187. The predicted molar refractivity (Wildman–Crippen MR) is 149 cm³/mol. The van der Waals surface area contributed by atoms with E-state index in [-0.39, 0.29) is 21.4 Å². The normalized spacial score (nSPS) is 23.9. The molecule has 0 bridgehead atoms. The van der Waals surface area contributed by atoms with Crippen LogP contribution in [0, 0.1) is 13.8 Å². The van der Waals surface area contributed by atoms with Gasteiger partial charge in [0.2, 0.25) is 20.0 Å². The lowest BCUT2D eigenvalue weighted by Crippen LogP contribution is -2.67. The standard InChI is InChI=1S/C26H40N2O7S2Si/c1-18-8-12-20(13-9-18)36(31,32)27-16-22-24(29)25(30)23(35-38(6,7)26(3,4)5)17-28(22)37(33,34)21-14-10-19(2)11-15-21/h8-15,22-25,27,29-30H,16-17H2,1-7H3/t22-,23+,24+,25+/m0/s1. The summed E-state index contributed by atoms with van der Waals surface area (Å²) >= 11 is 0. The van der Waals surface area contributed by atoms with E-state index in [1.54, 1.807) is 24.3 Å². The van der Waals surface area contributed by atoms with Crippen LogP contribution in [0.2, 0.25) is 18.1 Å². The Bertz CT molecular complexity index is 1320. The Labute approximate surface area is 228 Å². The van der Waals surface area contributed by atoms with Crippen LogP contribution in [0.4, 0.5) is 0 Å². The van der Waals surface area contributed by atoms with E-state index in [1.807, 2.05) is 47.7 Å². The lowest BCUT2D eigenvalue weighted by molar-refractivity contribution is -0.111. The lowest BCUT2D eigenvalue weighted by Gasteiger charge is -2.48. The summed E-state index contributed by atoms with van der Waals surface area (Å²) in [7, 11) is -10.7. The van der Waals surface area contributed by atoms with Gasteiger partial charge in [0.25, 0.3) is 0 Å². The molecule has 0 aromatic heterocycles. The molecular weight excluding hydrogens is 545 g/mol. The van der Waals surface area contributed by atoms with Gasteiger partial charge in [-0.15, -0.1) is 0 Å². The molecule has 1 aliphatic heterocycles. The van der Waals surface area contributed by atoms with Gasteiger partial charge < -0.3 is 14.6 Å². The molecule has 0 radical (unpaired) electrons. The van der Waals surface area contributed by atoms with Crippen molar-refractivity contribution >= 4 is 28.4 Å². The number of rotatable bonds is 8. The highest BCUT2D eigenvalue weighted by molar-refractivity contribution is 7.89. The number of sulfonamides is 2. The van der Waals surface area contributed by atoms with Gasteiger partial charge in [0.15, 0.2) is 8.32 Å². The van der Waals surface area contributed by atoms with Crippen LogP contribution in [0.15, 0.2) is 58.3 Å². The first-order valence-electron chi connectivity index (χ1n) is 12.6. The van der Waals surface area contributed by atoms with Crippen molar-refractivity contribution in [2.45, 2.75) is 86.9 Å². The Balaban J connectivity index is 1.98. The molecule has 0 saturated carbocycles. The number of nitrogens with zero attached hydrogens (tertiary/aromatic N) is 1. The van der Waals surface area contributed by atoms with Crippen molar-refractivity contribution in [2.24, 2.45) is 0 Å². The van der Waals surface area contributed by atoms with E-state index in [0.29, 0.717) is 0 Å². The Morgan fingerprint density at radius 2 is 1.37 bits per heavy atom. The molecule has 3 rings (SSSR count). The van der Waals surface area contributed by atoms with Crippen LogP contribution in [0.25, 0.3) is 0 Å². The van der Waals surface area contributed by atoms with Gasteiger partial charge in [-0.3, -0.25) is 0 Å². The number of hydrogen-bond acceptors (Lipinski definition) is 7. The summed E-state index contributed by atoms with van der Waals surface area (Å²) in [5.41, 5.74) is 1.76. The van der Waals surface area contributed by atoms with Gasteiger partial charge in [-0.05, 0) is 56.2 Å². The van der Waals surface area contributed by atoms with Crippen molar-refractivity contribution in [1.29, 1.82) is 0 Å². The third-order valence-electron chi connectivity index (χ3n) is 7.55. The van der Waals surface area contributed by atoms with Crippen molar-refractivity contribution in [1.82, 2.24) is 9.03 Å². The van der Waals surface area contributed by atoms with E-state index < -0.39 is 59.3 Å². The SMILES string of the molecule is Cc1ccc(S(=O)(=O)NC[C@H]2[C@@H](O)[C@H](O)[C@H](O[Si](C)(C)C(C)(C)C)CN2S(=O)(=O)c2ccc(C)cc2)cc1. The van der Waals surface area contributed by atoms with Crippen LogP contribution in [0.3, 0.4) is 0 Å². The Hall–Kier alpha value is -1.64. The number of piperidine rings is 1. The fourth-order valence-electron chi connectivity index (χ4n) is 4.04. The van der Waals surface area contributed by atoms with Gasteiger partial charge in [0.1, 0.15) is 12.2 Å². The molecule has 1 aliphatic rings. The predicted octanol–water partition coefficient (Wildman–Crippen LogP) is 2.77. The minimum absolute atomic E-state index is 0.00385. The molecule has 212 valence electrons. The van der Waals surface area contributed by atoms with Crippen LogP contribution in [0.1, 0.15) is 31.9 Å². The Morgan fingerprint density at radius 1 is 0.895 bits per heavy atom. The Morgan fingerprint density at radius 3 is 1.84 bits per heavy atom. The summed E-state index contributed by atoms with van der Waals surface area (Å²) < 4.78 is 63.4. The topological polar surface area (TPSA) is 133 Å². The quantitative estimate of drug-likeness (QED) is 0.407. The van der Waals surface area contributed by atoms with E-state index in [2.05, 4.69) is 4.72 Å². The fourth-order valence-corrected chi connectivity index (χ4v) is 8.07. The minimum Gasteiger partial charge on any atom is -0.410 e. The summed E-state index contributed by atoms with van der Waals surface area (Å²) in [6, 6.07) is 11.2. The monoisotopic (exact) mass is 584 g/mol. The number of nitrogens with one attached hydrogen (secondary N) is 1. The highest BCUT2D eigenvalue weighted by Gasteiger charge is 2.50. The van der Waals surface area contributed by atoms with E-state index >= 15 is 0 Å². The number of aryl methyl sites for hydroxylation is 2. The summed E-state index contributed by atoms with van der Waals surface area (Å²) in [5.74, 6) is 0. The highest BCUT2D eigenvalue weighted by atomic mass is 32.2. The fraction of sp³-hybridized carbons (Fsp3) is 0.538. The average molecular weight is 585 g/mol. The van der Waals surface area contributed by atoms with Crippen molar-refractivity contribution in [3.05, 3.63) is 59.7 Å². The zero-order valence-electron chi connectivity index (χ0n) is 23.0. The number of hydrogen-bond donors (Lipinski definition) is 3. The zero-order valence-corrected chi connectivity index (χ0v) is 25.7. The molecule has 4 atom stereocenters. The second-order valence-corrected chi connectivity index (χ2v) is 19.9. The van der Waals surface area contributed by atoms with E-state index in [4.69, 9.17) is 4.43 Å². The smallest absolute Gasteiger partial charge is 0.243 e. The van der Waals surface area contributed by atoms with E-state index in [1.165, 1.54) is 24.3 Å². The van der Waals surface area contributed by atoms with Gasteiger partial charge in [0.05, 0.1) is 21.9 Å². The van der Waals surface area contributed by atoms with Crippen LogP contribution < -0.4 is 4.72 Å². The van der Waals surface area contributed by atoms with Crippen LogP contribution >= 0.6 is 0 Å². The van der Waals surface area contributed by atoms with Crippen molar-refractivity contribution < 1.29 is 31.5 Å². The molecule has 0 spiro atoms. The molecule has 1 saturated heterocycles. The maximum absolute atomic E-state index is 13.8. The summed E-state index contributed by atoms with van der Waals surface area (Å²) in [6.07, 6.45) is -4.00. The molecule has 2 aromatic carbocycles. The molecular formula is C26H40N2O7S2Si. The van der Waals surface area contributed by atoms with Crippen LogP contribution in [0.5, 0.6) is 0 Å². The molecule has 0 aliphatic carbocycles. The molecule has 1 fully saturated rings. The largest absolute Gasteiger partial charge is 0.410 e. The maximum atomic E-state index is 13.8. The first-order valence-corrected chi connectivity index (χ1v) is 18.4. The summed E-state index contributed by atoms with van der Waals surface area (Å²) in [5, 5.41) is 22.0. The van der Waals surface area contributed by atoms with Gasteiger partial charge in [-0.2, -0.15) is 4.31 Å². The minimum atomic E-state index is -4.18. The van der Waals surface area contributed by atoms with Crippen molar-refractivity contribution in [3.63, 3.8) is 0 Å². The molecule has 12 heteroatoms. The number of benzene rings is 2. The van der Waals surface area contributed by atoms with Gasteiger partial charge in [0, 0.05) is 13.1 Å². The van der Waals surface area contributed by atoms with Crippen molar-refractivity contribution in [3.8, 4) is 0 Å². The number of aliphatic hydroxyl groups is 2. The number of aliphatic hydroxyl groups excluding tert-OH is 2. The molecule has 9 nitrogen and oxygen atoms in total. The van der Waals surface area contributed by atoms with Gasteiger partial charge in [-0.25, -0.2) is 21.6 Å². The molecule has 38 heavy (non-hydrogen) atoms. The maximum Gasteiger partial charge on any atom is 0.243 e. The van der Waals surface area contributed by atoms with Crippen LogP contribution in [-0.2, 0) is 24.5 Å². The first-order chi connectivity index (χ1) is 17.4. The molecule has 2 aromatic rings. The second-order valence-electron chi connectivity index (χ2n) is 11.5. The second kappa shape index (κ2) is 11.1. The van der Waals surface area contributed by atoms with Crippen LogP contribution in [-0.4, -0.2) is 77.1 Å². The van der Waals surface area contributed by atoms with Gasteiger partial charge >= 0.3 is 0 Å². The molecule has 3 N–H and O–H groups in total. The third kappa shape index (κ3) is 6.56. The molecule has 0 unspecified atom stereocenters. The third-order valence-corrected chi connectivity index (χ3v) is 15.4. The van der Waals surface area contributed by atoms with E-state index in [0.717, 1.165) is 15.4 Å². The van der Waals surface area contributed by atoms with Crippen molar-refractivity contribution in [2.75, 3.05) is 13.1 Å². The Kier molecular flexibility index (Phi) is 9.01. The zero-order chi connectivity index (χ0) is 28.7. The van der Waals surface area contributed by atoms with E-state index in [9.17, 15) is 27.0 Å².